The molecule has 0 fully saturated rings. The number of thioether (sulfide) groups is 1. The molecule has 0 aliphatic heterocycles. The van der Waals surface area contributed by atoms with Gasteiger partial charge in [0, 0.05) is 36.3 Å². The monoisotopic (exact) mass is 606 g/mol. The number of hydrogen-bond acceptors (Lipinski definition) is 6. The highest BCUT2D eigenvalue weighted by atomic mass is 79.9. The second-order valence-corrected chi connectivity index (χ2v) is 11.0. The van der Waals surface area contributed by atoms with Gasteiger partial charge in [-0.25, -0.2) is 0 Å². The van der Waals surface area contributed by atoms with Crippen LogP contribution in [0.2, 0.25) is 10.0 Å². The van der Waals surface area contributed by atoms with Gasteiger partial charge in [0.1, 0.15) is 23.4 Å². The van der Waals surface area contributed by atoms with Gasteiger partial charge >= 0.3 is 0 Å². The summed E-state index contributed by atoms with van der Waals surface area (Å²) in [4.78, 5) is 11.4. The van der Waals surface area contributed by atoms with E-state index >= 15 is 0 Å². The van der Waals surface area contributed by atoms with Gasteiger partial charge in [-0.2, -0.15) is 0 Å². The van der Waals surface area contributed by atoms with Crippen LogP contribution in [0.25, 0.3) is 5.69 Å². The molecule has 186 valence electrons. The fraction of sp³-hybridized carbons (Fsp3) is 0.200. The molecular weight excluding hydrogens is 587 g/mol. The molecule has 36 heavy (non-hydrogen) atoms. The van der Waals surface area contributed by atoms with Gasteiger partial charge < -0.3 is 4.74 Å². The maximum atomic E-state index is 11.7. The van der Waals surface area contributed by atoms with Crippen molar-refractivity contribution in [3.63, 3.8) is 0 Å². The Morgan fingerprint density at radius 1 is 1.08 bits per heavy atom. The molecule has 0 amide bonds. The Morgan fingerprint density at radius 2 is 1.83 bits per heavy atom. The van der Waals surface area contributed by atoms with E-state index in [4.69, 9.17) is 27.9 Å². The van der Waals surface area contributed by atoms with Crippen molar-refractivity contribution in [1.29, 1.82) is 0 Å². The molecule has 0 unspecified atom stereocenters. The highest BCUT2D eigenvalue weighted by molar-refractivity contribution is 9.10. The first-order chi connectivity index (χ1) is 17.2. The fourth-order valence-electron chi connectivity index (χ4n) is 3.57. The largest absolute Gasteiger partial charge is 0.489 e. The summed E-state index contributed by atoms with van der Waals surface area (Å²) in [6.45, 7) is 3.71. The van der Waals surface area contributed by atoms with Gasteiger partial charge in [0.2, 0.25) is 6.54 Å². The number of rotatable bonds is 9. The van der Waals surface area contributed by atoms with Crippen molar-refractivity contribution in [2.75, 3.05) is 6.54 Å². The average Bonchev–Trinajstić information content (AvgIpc) is 3.19. The van der Waals surface area contributed by atoms with Gasteiger partial charge in [-0.3, -0.25) is 14.7 Å². The van der Waals surface area contributed by atoms with Crippen LogP contribution < -0.4 is 4.74 Å². The third-order valence-corrected chi connectivity index (χ3v) is 7.61. The third kappa shape index (κ3) is 6.39. The lowest BCUT2D eigenvalue weighted by Crippen LogP contribution is -2.13. The van der Waals surface area contributed by atoms with Crippen LogP contribution in [0.15, 0.2) is 70.3 Å². The first-order valence-electron chi connectivity index (χ1n) is 10.8. The molecule has 0 saturated carbocycles. The van der Waals surface area contributed by atoms with Crippen LogP contribution >= 0.6 is 50.9 Å². The second kappa shape index (κ2) is 11.6. The van der Waals surface area contributed by atoms with Crippen molar-refractivity contribution in [1.82, 2.24) is 14.8 Å². The zero-order chi connectivity index (χ0) is 25.8. The zero-order valence-electron chi connectivity index (χ0n) is 19.3. The van der Waals surface area contributed by atoms with Gasteiger partial charge in [-0.15, -0.1) is 10.2 Å². The number of ether oxygens (including phenoxy) is 1. The van der Waals surface area contributed by atoms with E-state index in [1.807, 2.05) is 54.8 Å². The minimum atomic E-state index is -0.596. The van der Waals surface area contributed by atoms with Gasteiger partial charge in [-0.1, -0.05) is 74.7 Å². The summed E-state index contributed by atoms with van der Waals surface area (Å²) in [6, 6.07) is 18.6. The maximum absolute atomic E-state index is 11.7. The van der Waals surface area contributed by atoms with E-state index in [2.05, 4.69) is 26.1 Å². The van der Waals surface area contributed by atoms with Crippen LogP contribution in [-0.4, -0.2) is 26.2 Å². The molecule has 0 spiro atoms. The van der Waals surface area contributed by atoms with Crippen molar-refractivity contribution in [2.45, 2.75) is 30.9 Å². The molecule has 0 N–H and O–H groups in total. The highest BCUT2D eigenvalue weighted by Crippen LogP contribution is 2.41. The molecule has 0 aliphatic carbocycles. The number of hydrogen-bond donors (Lipinski definition) is 0. The molecule has 1 heterocycles. The van der Waals surface area contributed by atoms with Crippen LogP contribution in [0.4, 0.5) is 0 Å². The quantitative estimate of drug-likeness (QED) is 0.110. The fourth-order valence-corrected chi connectivity index (χ4v) is 5.60. The number of halogens is 3. The Morgan fingerprint density at radius 3 is 2.53 bits per heavy atom. The minimum absolute atomic E-state index is 0.180. The SMILES string of the molecule is Cc1ccc(-n2c(C)nnc2S[C@H](C[N+](=O)[O-])c2cc(Br)ccc2OCc2ccc(Cl)cc2Cl)cc1. The highest BCUT2D eigenvalue weighted by Gasteiger charge is 2.27. The summed E-state index contributed by atoms with van der Waals surface area (Å²) < 4.78 is 8.77. The first-order valence-corrected chi connectivity index (χ1v) is 13.3. The van der Waals surface area contributed by atoms with Gasteiger partial charge in [0.15, 0.2) is 5.16 Å². The molecular formula is C25H21BrCl2N4O3S. The maximum Gasteiger partial charge on any atom is 0.220 e. The Hall–Kier alpha value is -2.59. The number of aromatic nitrogens is 3. The molecule has 0 saturated heterocycles. The third-order valence-electron chi connectivity index (χ3n) is 5.37. The van der Waals surface area contributed by atoms with Crippen LogP contribution in [0, 0.1) is 24.0 Å². The normalized spacial score (nSPS) is 11.9. The lowest BCUT2D eigenvalue weighted by atomic mass is 10.1. The Balaban J connectivity index is 1.68. The second-order valence-electron chi connectivity index (χ2n) is 8.03. The molecule has 1 atom stereocenters. The summed E-state index contributed by atoms with van der Waals surface area (Å²) >= 11 is 17.1. The van der Waals surface area contributed by atoms with E-state index < -0.39 is 5.25 Å². The summed E-state index contributed by atoms with van der Waals surface area (Å²) in [7, 11) is 0. The minimum Gasteiger partial charge on any atom is -0.489 e. The van der Waals surface area contributed by atoms with Crippen LogP contribution in [-0.2, 0) is 6.61 Å². The summed E-state index contributed by atoms with van der Waals surface area (Å²) in [5.41, 5.74) is 3.42. The Bertz CT molecular complexity index is 1400. The number of aryl methyl sites for hydroxylation is 2. The molecule has 4 aromatic rings. The van der Waals surface area contributed by atoms with Crippen LogP contribution in [0.1, 0.15) is 27.8 Å². The Labute approximate surface area is 231 Å². The van der Waals surface area contributed by atoms with Crippen LogP contribution in [0.5, 0.6) is 5.75 Å². The smallest absolute Gasteiger partial charge is 0.220 e. The van der Waals surface area contributed by atoms with Gasteiger partial charge in [0.05, 0.1) is 0 Å². The first kappa shape index (κ1) is 26.5. The van der Waals surface area contributed by atoms with Crippen molar-refractivity contribution in [3.8, 4) is 11.4 Å². The predicted molar refractivity (Wildman–Crippen MR) is 146 cm³/mol. The summed E-state index contributed by atoms with van der Waals surface area (Å²) in [5, 5.41) is 21.2. The average molecular weight is 608 g/mol. The molecule has 7 nitrogen and oxygen atoms in total. The van der Waals surface area contributed by atoms with E-state index in [1.54, 1.807) is 24.3 Å². The van der Waals surface area contributed by atoms with Crippen LogP contribution in [0.3, 0.4) is 0 Å². The standard InChI is InChI=1S/C25H21BrCl2N4O3S/c1-15-3-8-20(9-4-15)32-16(2)29-30-25(32)36-24(13-31(33)34)21-11-18(26)6-10-23(21)35-14-17-5-7-19(27)12-22(17)28/h3-12,24H,13-14H2,1-2H3/t24-/m1/s1. The van der Waals surface area contributed by atoms with Gasteiger partial charge in [-0.05, 0) is 56.3 Å². The van der Waals surface area contributed by atoms with Crippen molar-refractivity contribution >= 4 is 50.9 Å². The lowest BCUT2D eigenvalue weighted by Gasteiger charge is -2.19. The topological polar surface area (TPSA) is 83.1 Å². The molecule has 0 radical (unpaired) electrons. The summed E-state index contributed by atoms with van der Waals surface area (Å²) in [5.74, 6) is 1.20. The summed E-state index contributed by atoms with van der Waals surface area (Å²) in [6.07, 6.45) is 0. The predicted octanol–water partition coefficient (Wildman–Crippen LogP) is 7.64. The van der Waals surface area contributed by atoms with Crippen molar-refractivity contribution in [2.24, 2.45) is 0 Å². The Kier molecular flexibility index (Phi) is 8.56. The number of benzene rings is 3. The van der Waals surface area contributed by atoms with E-state index in [1.165, 1.54) is 11.8 Å². The van der Waals surface area contributed by atoms with E-state index in [9.17, 15) is 10.1 Å². The van der Waals surface area contributed by atoms with E-state index in [-0.39, 0.29) is 18.1 Å². The van der Waals surface area contributed by atoms with E-state index in [0.717, 1.165) is 21.3 Å². The van der Waals surface area contributed by atoms with Crippen molar-refractivity contribution < 1.29 is 9.66 Å². The van der Waals surface area contributed by atoms with E-state index in [0.29, 0.717) is 32.3 Å². The number of nitro groups is 1. The van der Waals surface area contributed by atoms with Gasteiger partial charge in [0.25, 0.3) is 0 Å². The molecule has 1 aromatic heterocycles. The molecule has 11 heteroatoms. The molecule has 4 rings (SSSR count). The molecule has 3 aromatic carbocycles. The zero-order valence-corrected chi connectivity index (χ0v) is 23.2. The molecule has 0 bridgehead atoms. The number of nitrogens with zero attached hydrogens (tertiary/aromatic N) is 4. The van der Waals surface area contributed by atoms with Crippen molar-refractivity contribution in [3.05, 3.63) is 108 Å². The lowest BCUT2D eigenvalue weighted by molar-refractivity contribution is -0.479. The molecule has 0 aliphatic rings.